The first-order valence-electron chi connectivity index (χ1n) is 12.3. The molecule has 2 rings (SSSR count). The molecule has 1 heterocycles. The van der Waals surface area contributed by atoms with Gasteiger partial charge in [-0.25, -0.2) is 0 Å². The van der Waals surface area contributed by atoms with Crippen LogP contribution in [0.2, 0.25) is 0 Å². The molecule has 10 nitrogen and oxygen atoms in total. The molecule has 208 valence electrons. The highest BCUT2D eigenvalue weighted by molar-refractivity contribution is 5.92. The van der Waals surface area contributed by atoms with Crippen LogP contribution in [0.1, 0.15) is 60.8 Å². The Morgan fingerprint density at radius 3 is 2.24 bits per heavy atom. The van der Waals surface area contributed by atoms with Crippen molar-refractivity contribution in [3.8, 4) is 0 Å². The molecule has 1 aliphatic heterocycles. The van der Waals surface area contributed by atoms with E-state index in [1.54, 1.807) is 6.08 Å². The second kappa shape index (κ2) is 13.7. The minimum Gasteiger partial charge on any atom is -0.462 e. The summed E-state index contributed by atoms with van der Waals surface area (Å²) < 4.78 is 27.6. The van der Waals surface area contributed by atoms with Gasteiger partial charge in [-0.15, -0.1) is 0 Å². The van der Waals surface area contributed by atoms with Gasteiger partial charge in [0.25, 0.3) is 0 Å². The van der Waals surface area contributed by atoms with Crippen molar-refractivity contribution in [2.45, 2.75) is 79.3 Å². The average Bonchev–Trinajstić information content (AvgIpc) is 2.83. The van der Waals surface area contributed by atoms with Crippen molar-refractivity contribution in [2.24, 2.45) is 11.8 Å². The first-order valence-corrected chi connectivity index (χ1v) is 12.3. The minimum atomic E-state index is -1.08. The molecule has 2 aliphatic rings. The van der Waals surface area contributed by atoms with Crippen molar-refractivity contribution in [2.75, 3.05) is 6.61 Å². The molecule has 0 aromatic rings. The van der Waals surface area contributed by atoms with E-state index in [2.05, 4.69) is 6.58 Å². The third-order valence-corrected chi connectivity index (χ3v) is 5.97. The Balaban J connectivity index is 2.63. The van der Waals surface area contributed by atoms with E-state index in [-0.39, 0.29) is 18.8 Å². The second-order valence-corrected chi connectivity index (χ2v) is 9.63. The first kappa shape index (κ1) is 30.5. The van der Waals surface area contributed by atoms with Crippen LogP contribution in [-0.4, -0.2) is 54.8 Å². The molecule has 0 aromatic carbocycles. The predicted molar refractivity (Wildman–Crippen MR) is 135 cm³/mol. The molecule has 0 fully saturated rings. The number of rotatable bonds is 8. The Kier molecular flexibility index (Phi) is 11.0. The van der Waals surface area contributed by atoms with Gasteiger partial charge in [0.1, 0.15) is 6.61 Å². The maximum atomic E-state index is 12.8. The highest BCUT2D eigenvalue weighted by atomic mass is 16.7. The van der Waals surface area contributed by atoms with Crippen LogP contribution in [0.25, 0.3) is 0 Å². The monoisotopic (exact) mass is 532 g/mol. The number of hydrogen-bond acceptors (Lipinski definition) is 10. The third kappa shape index (κ3) is 9.00. The predicted octanol–water partition coefficient (Wildman–Crippen LogP) is 3.65. The molecule has 0 saturated carbocycles. The summed E-state index contributed by atoms with van der Waals surface area (Å²) in [7, 11) is 0. The number of ether oxygens (including phenoxy) is 5. The Morgan fingerprint density at radius 2 is 1.68 bits per heavy atom. The maximum Gasteiger partial charge on any atom is 0.305 e. The van der Waals surface area contributed by atoms with Crippen molar-refractivity contribution in [3.05, 3.63) is 47.3 Å². The first-order chi connectivity index (χ1) is 17.8. The van der Waals surface area contributed by atoms with E-state index in [0.717, 1.165) is 5.57 Å². The molecular weight excluding hydrogens is 496 g/mol. The zero-order valence-electron chi connectivity index (χ0n) is 22.7. The normalized spacial score (nSPS) is 24.2. The zero-order chi connectivity index (χ0) is 28.6. The van der Waals surface area contributed by atoms with Crippen LogP contribution in [0.15, 0.2) is 47.3 Å². The molecule has 5 atom stereocenters. The second-order valence-electron chi connectivity index (χ2n) is 9.63. The van der Waals surface area contributed by atoms with Gasteiger partial charge in [0.05, 0.1) is 12.2 Å². The summed E-state index contributed by atoms with van der Waals surface area (Å²) in [6.07, 6.45) is 1.99. The van der Waals surface area contributed by atoms with Crippen LogP contribution in [0.3, 0.4) is 0 Å². The fraction of sp³-hybridized carbons (Fsp3) is 0.536. The molecule has 0 radical (unpaired) electrons. The summed E-state index contributed by atoms with van der Waals surface area (Å²) in [6, 6.07) is 0. The van der Waals surface area contributed by atoms with Crippen molar-refractivity contribution in [1.29, 1.82) is 0 Å². The molecule has 0 saturated heterocycles. The van der Waals surface area contributed by atoms with Gasteiger partial charge < -0.3 is 23.7 Å². The smallest absolute Gasteiger partial charge is 0.305 e. The fourth-order valence-electron chi connectivity index (χ4n) is 4.63. The number of carbonyl (C=O) groups is 5. The van der Waals surface area contributed by atoms with E-state index < -0.39 is 54.2 Å². The van der Waals surface area contributed by atoms with Crippen molar-refractivity contribution >= 4 is 29.7 Å². The Labute approximate surface area is 222 Å². The van der Waals surface area contributed by atoms with Gasteiger partial charge in [0.15, 0.2) is 18.0 Å². The van der Waals surface area contributed by atoms with Crippen LogP contribution in [0.5, 0.6) is 0 Å². The Hall–Kier alpha value is -3.69. The zero-order valence-corrected chi connectivity index (χ0v) is 22.7. The van der Waals surface area contributed by atoms with Gasteiger partial charge in [-0.3, -0.25) is 24.0 Å². The van der Waals surface area contributed by atoms with Gasteiger partial charge in [-0.05, 0) is 44.4 Å². The van der Waals surface area contributed by atoms with E-state index in [4.69, 9.17) is 23.7 Å². The number of hydrogen-bond donors (Lipinski definition) is 0. The van der Waals surface area contributed by atoms with Gasteiger partial charge in [-0.2, -0.15) is 0 Å². The SMILES string of the molecule is C=C1CC(=O)/C=C(\COC(C)=O)CCC2C(C(OC(C)=O)C(C=C(C)C)OC(C)=O)=COC(OC(C)=O)C12. The lowest BCUT2D eigenvalue weighted by atomic mass is 9.74. The van der Waals surface area contributed by atoms with Crippen molar-refractivity contribution in [1.82, 2.24) is 0 Å². The number of esters is 4. The van der Waals surface area contributed by atoms with Gasteiger partial charge in [0, 0.05) is 45.6 Å². The topological polar surface area (TPSA) is 132 Å². The van der Waals surface area contributed by atoms with E-state index in [1.807, 2.05) is 13.8 Å². The highest BCUT2D eigenvalue weighted by Crippen LogP contribution is 2.43. The van der Waals surface area contributed by atoms with Crippen LogP contribution >= 0.6 is 0 Å². The number of ketones is 1. The maximum absolute atomic E-state index is 12.8. The summed E-state index contributed by atoms with van der Waals surface area (Å²) in [5.74, 6) is -3.68. The molecular formula is C28H36O10. The number of allylic oxidation sites excluding steroid dienone is 2. The molecule has 38 heavy (non-hydrogen) atoms. The summed E-state index contributed by atoms with van der Waals surface area (Å²) in [5, 5.41) is 0. The third-order valence-electron chi connectivity index (χ3n) is 5.97. The largest absolute Gasteiger partial charge is 0.462 e. The summed E-state index contributed by atoms with van der Waals surface area (Å²) in [4.78, 5) is 60.2. The summed E-state index contributed by atoms with van der Waals surface area (Å²) in [6.45, 7) is 12.7. The van der Waals surface area contributed by atoms with Crippen LogP contribution < -0.4 is 0 Å². The molecule has 5 unspecified atom stereocenters. The molecule has 0 N–H and O–H groups in total. The van der Waals surface area contributed by atoms with Crippen molar-refractivity contribution < 1.29 is 47.7 Å². The lowest BCUT2D eigenvalue weighted by Crippen LogP contribution is -2.45. The molecule has 0 bridgehead atoms. The molecule has 0 amide bonds. The van der Waals surface area contributed by atoms with E-state index >= 15 is 0 Å². The van der Waals surface area contributed by atoms with E-state index in [1.165, 1.54) is 40.0 Å². The molecule has 0 aromatic heterocycles. The van der Waals surface area contributed by atoms with Gasteiger partial charge in [0.2, 0.25) is 6.29 Å². The van der Waals surface area contributed by atoms with Gasteiger partial charge >= 0.3 is 23.9 Å². The fourth-order valence-corrected chi connectivity index (χ4v) is 4.63. The van der Waals surface area contributed by atoms with Crippen LogP contribution in [0, 0.1) is 11.8 Å². The molecule has 1 aliphatic carbocycles. The highest BCUT2D eigenvalue weighted by Gasteiger charge is 2.45. The number of carbonyl (C=O) groups excluding carboxylic acids is 5. The quantitative estimate of drug-likeness (QED) is 0.259. The van der Waals surface area contributed by atoms with E-state index in [9.17, 15) is 24.0 Å². The molecule has 10 heteroatoms. The van der Waals surface area contributed by atoms with Crippen molar-refractivity contribution in [3.63, 3.8) is 0 Å². The number of fused-ring (bicyclic) bond motifs is 1. The lowest BCUT2D eigenvalue weighted by molar-refractivity contribution is -0.182. The molecule has 0 spiro atoms. The van der Waals surface area contributed by atoms with Crippen LogP contribution in [-0.2, 0) is 47.7 Å². The van der Waals surface area contributed by atoms with E-state index in [0.29, 0.717) is 29.6 Å². The van der Waals surface area contributed by atoms with Gasteiger partial charge in [-0.1, -0.05) is 17.7 Å². The standard InChI is InChI=1S/C28H36O10/c1-15(2)10-25(36-18(5)30)27(37-19(6)31)24-14-35-28(38-20(7)32)26-16(3)11-22(33)12-21(8-9-23(24)26)13-34-17(4)29/h10,12,14,23,25-28H,3,8-9,11,13H2,1-2,4-7H3/b21-12-. The lowest BCUT2D eigenvalue weighted by Gasteiger charge is -2.41. The Morgan fingerprint density at radius 1 is 1.03 bits per heavy atom. The summed E-state index contributed by atoms with van der Waals surface area (Å²) >= 11 is 0. The minimum absolute atomic E-state index is 0.0604. The Bertz CT molecular complexity index is 1060. The summed E-state index contributed by atoms with van der Waals surface area (Å²) in [5.41, 5.74) is 2.34. The average molecular weight is 533 g/mol. The van der Waals surface area contributed by atoms with Crippen LogP contribution in [0.4, 0.5) is 0 Å².